The van der Waals surface area contributed by atoms with Crippen molar-refractivity contribution in [3.63, 3.8) is 0 Å². The van der Waals surface area contributed by atoms with Crippen molar-refractivity contribution in [3.8, 4) is 0 Å². The second-order valence-electron chi connectivity index (χ2n) is 6.01. The molecule has 1 aliphatic rings. The second kappa shape index (κ2) is 6.76. The molecule has 4 rings (SSSR count). The first-order chi connectivity index (χ1) is 13.4. The number of aliphatic imine (C=N–C) groups is 1. The molecule has 3 N–H and O–H groups in total. The number of nitrogens with zero attached hydrogens (tertiary/aromatic N) is 5. The molecule has 0 fully saturated rings. The zero-order chi connectivity index (χ0) is 19.8. The van der Waals surface area contributed by atoms with Gasteiger partial charge in [0.15, 0.2) is 11.6 Å². The van der Waals surface area contributed by atoms with Gasteiger partial charge in [-0.3, -0.25) is 9.79 Å². The summed E-state index contributed by atoms with van der Waals surface area (Å²) in [5, 5.41) is 9.95. The second-order valence-corrected chi connectivity index (χ2v) is 6.01. The van der Waals surface area contributed by atoms with Crippen molar-refractivity contribution in [3.05, 3.63) is 71.1 Å². The lowest BCUT2D eigenvalue weighted by Crippen LogP contribution is -2.28. The molecule has 1 aliphatic heterocycles. The first-order valence-electron chi connectivity index (χ1n) is 8.06. The van der Waals surface area contributed by atoms with Crippen LogP contribution in [-0.2, 0) is 6.54 Å². The van der Waals surface area contributed by atoms with Gasteiger partial charge >= 0.3 is 0 Å². The fraction of sp³-hybridized carbons (Fsp3) is 0.118. The summed E-state index contributed by atoms with van der Waals surface area (Å²) < 4.78 is 42.9. The highest BCUT2D eigenvalue weighted by molar-refractivity contribution is 6.02. The Balaban J connectivity index is 1.65. The average molecular weight is 387 g/mol. The van der Waals surface area contributed by atoms with Crippen LogP contribution in [0.3, 0.4) is 0 Å². The Kier molecular flexibility index (Phi) is 4.26. The highest BCUT2D eigenvalue weighted by Gasteiger charge is 2.26. The fourth-order valence-corrected chi connectivity index (χ4v) is 2.83. The van der Waals surface area contributed by atoms with Gasteiger partial charge in [-0.15, -0.1) is 5.10 Å². The third-order valence-corrected chi connectivity index (χ3v) is 4.15. The minimum absolute atomic E-state index is 0.0109. The summed E-state index contributed by atoms with van der Waals surface area (Å²) in [5.41, 5.74) is 6.11. The van der Waals surface area contributed by atoms with Gasteiger partial charge in [0, 0.05) is 17.3 Å². The van der Waals surface area contributed by atoms with Crippen molar-refractivity contribution in [2.45, 2.75) is 12.6 Å². The van der Waals surface area contributed by atoms with Crippen LogP contribution in [0.15, 0.2) is 41.7 Å². The molecule has 0 saturated carbocycles. The zero-order valence-corrected chi connectivity index (χ0v) is 14.1. The van der Waals surface area contributed by atoms with Crippen molar-refractivity contribution in [1.29, 1.82) is 0 Å². The van der Waals surface area contributed by atoms with E-state index in [1.807, 2.05) is 0 Å². The van der Waals surface area contributed by atoms with Crippen LogP contribution in [-0.4, -0.2) is 31.7 Å². The van der Waals surface area contributed by atoms with Gasteiger partial charge in [-0.25, -0.2) is 22.8 Å². The number of amides is 1. The lowest BCUT2D eigenvalue weighted by molar-refractivity contribution is 0.102. The van der Waals surface area contributed by atoms with E-state index in [4.69, 9.17) is 5.73 Å². The summed E-state index contributed by atoms with van der Waals surface area (Å²) in [6.07, 6.45) is 2.29. The predicted octanol–water partition coefficient (Wildman–Crippen LogP) is 1.80. The van der Waals surface area contributed by atoms with Crippen LogP contribution in [0.5, 0.6) is 0 Å². The molecular weight excluding hydrogens is 375 g/mol. The maximum Gasteiger partial charge on any atom is 0.274 e. The number of anilines is 1. The number of benzene rings is 1. The molecule has 0 spiro atoms. The largest absolute Gasteiger partial charge is 0.382 e. The Bertz CT molecular complexity index is 1090. The summed E-state index contributed by atoms with van der Waals surface area (Å²) in [4.78, 5) is 20.0. The fourth-order valence-electron chi connectivity index (χ4n) is 2.83. The van der Waals surface area contributed by atoms with Crippen LogP contribution in [0.1, 0.15) is 27.8 Å². The molecule has 1 unspecified atom stereocenters. The number of hydrogen-bond donors (Lipinski definition) is 2. The zero-order valence-electron chi connectivity index (χ0n) is 14.1. The number of fused-ring (bicyclic) bond motifs is 1. The van der Waals surface area contributed by atoms with Crippen LogP contribution in [0, 0.1) is 17.5 Å². The molecule has 142 valence electrons. The first-order valence-corrected chi connectivity index (χ1v) is 8.06. The van der Waals surface area contributed by atoms with Gasteiger partial charge in [0.25, 0.3) is 5.91 Å². The van der Waals surface area contributed by atoms with Crippen LogP contribution >= 0.6 is 0 Å². The maximum absolute atomic E-state index is 14.4. The molecule has 8 nitrogen and oxygen atoms in total. The van der Waals surface area contributed by atoms with E-state index in [1.54, 1.807) is 0 Å². The summed E-state index contributed by atoms with van der Waals surface area (Å²) in [5.74, 6) is -3.50. The number of hydrogen-bond acceptors (Lipinski definition) is 6. The Labute approximate surface area is 155 Å². The molecular formula is C17H12F3N7O. The summed E-state index contributed by atoms with van der Waals surface area (Å²) in [6.45, 7) is 0.101. The lowest BCUT2D eigenvalue weighted by Gasteiger charge is -2.21. The highest BCUT2D eigenvalue weighted by atomic mass is 19.2. The number of halogens is 3. The quantitative estimate of drug-likeness (QED) is 0.712. The van der Waals surface area contributed by atoms with E-state index in [2.05, 4.69) is 25.6 Å². The summed E-state index contributed by atoms with van der Waals surface area (Å²) in [7, 11) is 0. The van der Waals surface area contributed by atoms with Gasteiger partial charge in [-0.1, -0.05) is 5.21 Å². The molecule has 3 heterocycles. The van der Waals surface area contributed by atoms with E-state index in [0.29, 0.717) is 5.69 Å². The van der Waals surface area contributed by atoms with Gasteiger partial charge in [0.1, 0.15) is 23.0 Å². The average Bonchev–Trinajstić information content (AvgIpc) is 3.14. The van der Waals surface area contributed by atoms with Crippen molar-refractivity contribution >= 4 is 17.4 Å². The Hall–Kier alpha value is -3.76. The van der Waals surface area contributed by atoms with Crippen LogP contribution < -0.4 is 11.1 Å². The van der Waals surface area contributed by atoms with Gasteiger partial charge < -0.3 is 11.1 Å². The van der Waals surface area contributed by atoms with Gasteiger partial charge in [-0.2, -0.15) is 0 Å². The summed E-state index contributed by atoms with van der Waals surface area (Å²) in [6, 6.07) is 3.46. The van der Waals surface area contributed by atoms with E-state index >= 15 is 0 Å². The summed E-state index contributed by atoms with van der Waals surface area (Å²) >= 11 is 0. The highest BCUT2D eigenvalue weighted by Crippen LogP contribution is 2.30. The number of nitrogens with two attached hydrogens (primary N) is 1. The normalized spacial score (nSPS) is 15.7. The van der Waals surface area contributed by atoms with E-state index < -0.39 is 29.4 Å². The van der Waals surface area contributed by atoms with E-state index in [1.165, 1.54) is 23.0 Å². The third kappa shape index (κ3) is 3.17. The molecule has 2 aromatic heterocycles. The lowest BCUT2D eigenvalue weighted by atomic mass is 10.0. The Morgan fingerprint density at radius 3 is 2.79 bits per heavy atom. The molecule has 1 aromatic carbocycles. The molecule has 0 aliphatic carbocycles. The first kappa shape index (κ1) is 17.6. The monoisotopic (exact) mass is 387 g/mol. The molecule has 1 atom stereocenters. The molecule has 3 aromatic rings. The van der Waals surface area contributed by atoms with Crippen LogP contribution in [0.4, 0.5) is 18.9 Å². The topological polar surface area (TPSA) is 111 Å². The molecule has 11 heteroatoms. The van der Waals surface area contributed by atoms with Gasteiger partial charge in [-0.05, 0) is 18.2 Å². The molecule has 28 heavy (non-hydrogen) atoms. The number of nitrogens with one attached hydrogen (secondary N) is 1. The molecule has 0 radical (unpaired) electrons. The molecule has 1 amide bonds. The van der Waals surface area contributed by atoms with Crippen molar-refractivity contribution < 1.29 is 18.0 Å². The van der Waals surface area contributed by atoms with Gasteiger partial charge in [0.2, 0.25) is 0 Å². The molecule has 0 saturated heterocycles. The number of amidine groups is 1. The van der Waals surface area contributed by atoms with Crippen LogP contribution in [0.25, 0.3) is 0 Å². The Morgan fingerprint density at radius 1 is 1.21 bits per heavy atom. The minimum atomic E-state index is -1.17. The maximum atomic E-state index is 14.4. The Morgan fingerprint density at radius 2 is 2.04 bits per heavy atom. The van der Waals surface area contributed by atoms with Gasteiger partial charge in [0.05, 0.1) is 25.0 Å². The van der Waals surface area contributed by atoms with Crippen molar-refractivity contribution in [2.24, 2.45) is 10.7 Å². The number of pyridine rings is 1. The van der Waals surface area contributed by atoms with E-state index in [0.717, 1.165) is 18.3 Å². The van der Waals surface area contributed by atoms with E-state index in [9.17, 15) is 18.0 Å². The van der Waals surface area contributed by atoms with Crippen LogP contribution in [0.2, 0.25) is 0 Å². The van der Waals surface area contributed by atoms with Crippen molar-refractivity contribution in [1.82, 2.24) is 20.0 Å². The predicted molar refractivity (Wildman–Crippen MR) is 92.0 cm³/mol. The number of aromatic nitrogens is 4. The smallest absolute Gasteiger partial charge is 0.274 e. The van der Waals surface area contributed by atoms with E-state index in [-0.39, 0.29) is 29.3 Å². The third-order valence-electron chi connectivity index (χ3n) is 4.15. The SMILES string of the molecule is NC1=NC(c2cc(NC(=O)c3ccc(F)cn3)cc(F)c2F)Cn2nncc21. The number of carbonyl (C=O) groups is 1. The molecule has 0 bridgehead atoms. The minimum Gasteiger partial charge on any atom is -0.382 e. The number of carbonyl (C=O) groups excluding carboxylic acids is 1. The standard InChI is InChI=1S/C17H12F3N7O/c18-8-1-2-12(22-5-8)17(28)24-9-3-10(15(20)11(19)4-9)13-7-27-14(6-23-26-27)16(21)25-13/h1-6,13H,7H2,(H2,21,25)(H,24,28). The van der Waals surface area contributed by atoms with Crippen molar-refractivity contribution in [2.75, 3.05) is 5.32 Å². The number of rotatable bonds is 3.